The monoisotopic (exact) mass is 1170 g/mol. The van der Waals surface area contributed by atoms with Crippen LogP contribution < -0.4 is 26.2 Å². The van der Waals surface area contributed by atoms with Crippen molar-refractivity contribution in [1.82, 2.24) is 44.9 Å². The van der Waals surface area contributed by atoms with E-state index < -0.39 is 17.6 Å². The second-order valence-electron chi connectivity index (χ2n) is 22.1. The van der Waals surface area contributed by atoms with Gasteiger partial charge in [-0.1, -0.05) is 97.9 Å². The van der Waals surface area contributed by atoms with Gasteiger partial charge in [-0.05, 0) is 84.9 Å². The van der Waals surface area contributed by atoms with Gasteiger partial charge in [0.2, 0.25) is 5.91 Å². The van der Waals surface area contributed by atoms with Crippen molar-refractivity contribution in [3.8, 4) is 33.8 Å². The maximum absolute atomic E-state index is 14.3. The topological polar surface area (TPSA) is 229 Å². The van der Waals surface area contributed by atoms with Crippen LogP contribution in [0.15, 0.2) is 213 Å². The molecule has 17 nitrogen and oxygen atoms in total. The number of hydrogen-bond donors (Lipinski definition) is 2. The molecule has 438 valence electrons. The van der Waals surface area contributed by atoms with Gasteiger partial charge in [0, 0.05) is 145 Å². The molecule has 15 rings (SSSR count). The lowest BCUT2D eigenvalue weighted by atomic mass is 9.91. The van der Waals surface area contributed by atoms with E-state index in [0.717, 1.165) is 135 Å². The Morgan fingerprint density at radius 1 is 0.416 bits per heavy atom. The summed E-state index contributed by atoms with van der Waals surface area (Å²) in [6, 6.07) is 56.0. The number of rotatable bonds is 13. The van der Waals surface area contributed by atoms with Crippen molar-refractivity contribution in [2.24, 2.45) is 11.5 Å². The standard InChI is InChI=1S/C25H22N4O.C23H18FN5O.C23H19N5O/c1-2-22(30)18-7-5-8-19(14-18)24-25(27-13-12-26-24)20-15-29(16-20)23-11-10-17-6-3-4-9-21(17)28-23;24-18-11-15(5-7-17(18)23(25)30)21-22(27-10-9-26-21)16-12-29(13-16)20-8-6-14-3-1-2-4-19(14)28-20;24-23(29)17-7-5-16(6-8-17)21-22(26-12-11-25-21)18-13-28(14-18)20-10-9-15-3-1-2-4-19(15)27-20/h3-14,20H,2,15-16H2,1H3;1-11,16H,12-13H2,(H2,25,30);1-12,18H,13-14H2,(H2,24,29). The highest BCUT2D eigenvalue weighted by Crippen LogP contribution is 2.38. The number of para-hydroxylation sites is 3. The molecule has 89 heavy (non-hydrogen) atoms. The zero-order valence-electron chi connectivity index (χ0n) is 48.5. The van der Waals surface area contributed by atoms with Crippen molar-refractivity contribution < 1.29 is 18.8 Å². The molecule has 0 aliphatic carbocycles. The van der Waals surface area contributed by atoms with Crippen molar-refractivity contribution in [1.29, 1.82) is 0 Å². The molecule has 4 N–H and O–H groups in total. The van der Waals surface area contributed by atoms with Crippen LogP contribution in [0.5, 0.6) is 0 Å². The smallest absolute Gasteiger partial charge is 0.251 e. The molecule has 18 heteroatoms. The second kappa shape index (κ2) is 25.0. The molecule has 6 aromatic heterocycles. The summed E-state index contributed by atoms with van der Waals surface area (Å²) in [5.74, 6) is 1.86. The lowest BCUT2D eigenvalue weighted by molar-refractivity contribution is 0.0982. The van der Waals surface area contributed by atoms with E-state index in [1.165, 1.54) is 12.1 Å². The first-order chi connectivity index (χ1) is 43.5. The van der Waals surface area contributed by atoms with Crippen LogP contribution in [0.2, 0.25) is 0 Å². The van der Waals surface area contributed by atoms with E-state index in [-0.39, 0.29) is 29.1 Å². The minimum Gasteiger partial charge on any atom is -0.366 e. The summed E-state index contributed by atoms with van der Waals surface area (Å²) in [4.78, 5) is 83.1. The van der Waals surface area contributed by atoms with Crippen molar-refractivity contribution in [3.63, 3.8) is 0 Å². The van der Waals surface area contributed by atoms with Gasteiger partial charge in [0.25, 0.3) is 5.91 Å². The van der Waals surface area contributed by atoms with E-state index in [9.17, 15) is 18.8 Å². The van der Waals surface area contributed by atoms with Gasteiger partial charge in [-0.25, -0.2) is 19.3 Å². The van der Waals surface area contributed by atoms with Gasteiger partial charge < -0.3 is 26.2 Å². The van der Waals surface area contributed by atoms with Crippen molar-refractivity contribution in [2.75, 3.05) is 54.0 Å². The third-order valence-electron chi connectivity index (χ3n) is 16.4. The van der Waals surface area contributed by atoms with E-state index >= 15 is 0 Å². The van der Waals surface area contributed by atoms with Gasteiger partial charge in [-0.3, -0.25) is 44.3 Å². The minimum absolute atomic E-state index is 0.138. The maximum atomic E-state index is 14.3. The van der Waals surface area contributed by atoms with Gasteiger partial charge in [0.1, 0.15) is 23.3 Å². The number of pyridine rings is 3. The molecule has 12 aromatic rings. The first kappa shape index (κ1) is 56.8. The molecule has 3 fully saturated rings. The number of nitrogens with two attached hydrogens (primary N) is 2. The minimum atomic E-state index is -0.795. The molecule has 2 amide bonds. The van der Waals surface area contributed by atoms with Crippen LogP contribution in [0.4, 0.5) is 21.8 Å². The number of halogens is 1. The Bertz CT molecular complexity index is 4630. The highest BCUT2D eigenvalue weighted by Gasteiger charge is 2.35. The first-order valence-electron chi connectivity index (χ1n) is 29.4. The zero-order valence-corrected chi connectivity index (χ0v) is 48.5. The number of anilines is 3. The van der Waals surface area contributed by atoms with Crippen LogP contribution in [0.25, 0.3) is 66.5 Å². The molecule has 0 spiro atoms. The van der Waals surface area contributed by atoms with Crippen LogP contribution in [0.3, 0.4) is 0 Å². The van der Waals surface area contributed by atoms with E-state index in [2.05, 4.69) is 87.1 Å². The fourth-order valence-electron chi connectivity index (χ4n) is 11.5. The molecule has 9 heterocycles. The number of Topliss-reactive ketones (excluding diaryl/α,β-unsaturated/α-hetero) is 1. The Hall–Kier alpha value is -11.3. The van der Waals surface area contributed by atoms with Gasteiger partial charge >= 0.3 is 0 Å². The molecule has 3 aliphatic rings. The van der Waals surface area contributed by atoms with E-state index in [4.69, 9.17) is 26.4 Å². The summed E-state index contributed by atoms with van der Waals surface area (Å²) in [6.45, 7) is 6.77. The average molecular weight is 1180 g/mol. The number of fused-ring (bicyclic) bond motifs is 3. The van der Waals surface area contributed by atoms with Crippen LogP contribution in [-0.4, -0.2) is 102 Å². The molecule has 0 unspecified atom stereocenters. The largest absolute Gasteiger partial charge is 0.366 e. The number of nitrogens with zero attached hydrogens (tertiary/aromatic N) is 12. The summed E-state index contributed by atoms with van der Waals surface area (Å²) in [6.07, 6.45) is 10.6. The Labute approximate surface area is 512 Å². The summed E-state index contributed by atoms with van der Waals surface area (Å²) >= 11 is 0. The van der Waals surface area contributed by atoms with E-state index in [1.54, 1.807) is 55.4 Å². The summed E-state index contributed by atoms with van der Waals surface area (Å²) in [5, 5.41) is 3.40. The summed E-state index contributed by atoms with van der Waals surface area (Å²) in [7, 11) is 0. The third-order valence-corrected chi connectivity index (χ3v) is 16.4. The number of aromatic nitrogens is 9. The maximum Gasteiger partial charge on any atom is 0.251 e. The number of benzene rings is 6. The fourth-order valence-corrected chi connectivity index (χ4v) is 11.5. The van der Waals surface area contributed by atoms with Crippen LogP contribution >= 0.6 is 0 Å². The number of amides is 2. The number of primary amides is 2. The van der Waals surface area contributed by atoms with Crippen molar-refractivity contribution in [2.45, 2.75) is 31.1 Å². The molecule has 0 atom stereocenters. The number of ketones is 1. The molecule has 3 saturated heterocycles. The van der Waals surface area contributed by atoms with Crippen molar-refractivity contribution >= 4 is 67.8 Å². The van der Waals surface area contributed by atoms with Crippen LogP contribution in [0.1, 0.15) is 79.3 Å². The lowest BCUT2D eigenvalue weighted by Crippen LogP contribution is -2.46. The van der Waals surface area contributed by atoms with Gasteiger partial charge in [-0.15, -0.1) is 0 Å². The molecular formula is C71H59FN14O3. The normalized spacial score (nSPS) is 14.0. The molecule has 0 radical (unpaired) electrons. The summed E-state index contributed by atoms with van der Waals surface area (Å²) in [5.41, 5.74) is 22.1. The molecule has 0 saturated carbocycles. The lowest BCUT2D eigenvalue weighted by Gasteiger charge is -2.40. The Balaban J connectivity index is 0.000000123. The third kappa shape index (κ3) is 12.0. The zero-order chi connectivity index (χ0) is 61.0. The first-order valence-corrected chi connectivity index (χ1v) is 29.4. The van der Waals surface area contributed by atoms with Gasteiger partial charge in [-0.2, -0.15) is 0 Å². The number of hydrogen-bond acceptors (Lipinski definition) is 15. The van der Waals surface area contributed by atoms with Gasteiger partial charge in [0.05, 0.1) is 56.3 Å². The highest BCUT2D eigenvalue weighted by molar-refractivity contribution is 5.97. The molecule has 3 aliphatic heterocycles. The Kier molecular flexibility index (Phi) is 16.0. The molecule has 0 bridgehead atoms. The quantitative estimate of drug-likeness (QED) is 0.102. The SMILES string of the molecule is CCC(=O)c1cccc(-c2nccnc2C2CN(c3ccc4ccccc4n3)C2)c1.NC(=O)c1ccc(-c2nccnc2C2CN(c3ccc4ccccc4n3)C2)cc1.NC(=O)c1ccc(-c2nccnc2C2CN(c3ccc4ccccc4n3)C2)cc1F. The van der Waals surface area contributed by atoms with E-state index in [1.807, 2.05) is 110 Å². The average Bonchev–Trinajstić information content (AvgIpc) is 1.64. The Morgan fingerprint density at radius 2 is 0.809 bits per heavy atom. The molecular weight excluding hydrogens is 1120 g/mol. The molecule has 6 aromatic carbocycles. The van der Waals surface area contributed by atoms with Crippen LogP contribution in [-0.2, 0) is 0 Å². The Morgan fingerprint density at radius 3 is 1.21 bits per heavy atom. The second-order valence-corrected chi connectivity index (χ2v) is 22.1. The summed E-state index contributed by atoms with van der Waals surface area (Å²) < 4.78 is 14.3. The number of carbonyl (C=O) groups excluding carboxylic acids is 3. The predicted octanol–water partition coefficient (Wildman–Crippen LogP) is 11.8. The van der Waals surface area contributed by atoms with Gasteiger partial charge in [0.15, 0.2) is 5.78 Å². The number of carbonyl (C=O) groups is 3. The highest BCUT2D eigenvalue weighted by atomic mass is 19.1. The fraction of sp³-hybridized carbons (Fsp3) is 0.155. The van der Waals surface area contributed by atoms with Crippen molar-refractivity contribution in [3.05, 3.63) is 253 Å². The van der Waals surface area contributed by atoms with E-state index in [0.29, 0.717) is 23.2 Å². The predicted molar refractivity (Wildman–Crippen MR) is 344 cm³/mol. The van der Waals surface area contributed by atoms with Crippen LogP contribution in [0, 0.1) is 5.82 Å².